The molecule has 0 radical (unpaired) electrons. The maximum Gasteiger partial charge on any atom is 0.0982 e. The zero-order valence-electron chi connectivity index (χ0n) is 12.3. The van der Waals surface area contributed by atoms with Crippen LogP contribution in [0.15, 0.2) is 60.7 Å². The number of nitrogens with two attached hydrogens (primary N) is 1. The molecule has 2 heteroatoms. The quantitative estimate of drug-likeness (QED) is 0.872. The maximum absolute atomic E-state index is 6.48. The minimum atomic E-state index is -0.0181. The molecule has 0 amide bonds. The number of hydrogen-bond acceptors (Lipinski definition) is 2. The highest BCUT2D eigenvalue weighted by atomic mass is 16.5. The van der Waals surface area contributed by atoms with Gasteiger partial charge in [-0.05, 0) is 36.8 Å². The van der Waals surface area contributed by atoms with Crippen LogP contribution in [-0.4, -0.2) is 12.1 Å². The van der Waals surface area contributed by atoms with Crippen molar-refractivity contribution in [3.8, 4) is 0 Å². The standard InChI is InChI=1S/C19H23NO/c20-18(14-15-8-3-1-4-9-15)19(21-17-12-7-13-17)16-10-5-2-6-11-16/h1-6,8-11,17-19H,7,12-14,20H2. The lowest BCUT2D eigenvalue weighted by Gasteiger charge is -2.33. The predicted molar refractivity (Wildman–Crippen MR) is 86.0 cm³/mol. The summed E-state index contributed by atoms with van der Waals surface area (Å²) in [5.74, 6) is 0. The van der Waals surface area contributed by atoms with Gasteiger partial charge in [0.05, 0.1) is 12.2 Å². The molecule has 2 unspecified atom stereocenters. The summed E-state index contributed by atoms with van der Waals surface area (Å²) < 4.78 is 6.28. The largest absolute Gasteiger partial charge is 0.369 e. The van der Waals surface area contributed by atoms with Gasteiger partial charge in [0.1, 0.15) is 0 Å². The highest BCUT2D eigenvalue weighted by Gasteiger charge is 2.27. The van der Waals surface area contributed by atoms with Crippen molar-refractivity contribution in [1.82, 2.24) is 0 Å². The van der Waals surface area contributed by atoms with E-state index in [1.54, 1.807) is 0 Å². The Morgan fingerprint density at radius 2 is 1.57 bits per heavy atom. The molecular formula is C19H23NO. The fraction of sp³-hybridized carbons (Fsp3) is 0.368. The highest BCUT2D eigenvalue weighted by Crippen LogP contribution is 2.31. The van der Waals surface area contributed by atoms with E-state index < -0.39 is 0 Å². The number of ether oxygens (including phenoxy) is 1. The van der Waals surface area contributed by atoms with Crippen LogP contribution in [0.3, 0.4) is 0 Å². The number of hydrogen-bond donors (Lipinski definition) is 1. The van der Waals surface area contributed by atoms with Crippen LogP contribution in [0.4, 0.5) is 0 Å². The summed E-state index contributed by atoms with van der Waals surface area (Å²) in [4.78, 5) is 0. The van der Waals surface area contributed by atoms with Crippen LogP contribution in [0.25, 0.3) is 0 Å². The van der Waals surface area contributed by atoms with Gasteiger partial charge in [0.2, 0.25) is 0 Å². The molecule has 0 bridgehead atoms. The van der Waals surface area contributed by atoms with Gasteiger partial charge in [0.25, 0.3) is 0 Å². The molecule has 2 aromatic rings. The molecule has 2 atom stereocenters. The van der Waals surface area contributed by atoms with Gasteiger partial charge < -0.3 is 10.5 Å². The van der Waals surface area contributed by atoms with Gasteiger partial charge in [-0.15, -0.1) is 0 Å². The monoisotopic (exact) mass is 281 g/mol. The van der Waals surface area contributed by atoms with Crippen LogP contribution in [0.2, 0.25) is 0 Å². The van der Waals surface area contributed by atoms with Gasteiger partial charge in [-0.2, -0.15) is 0 Å². The zero-order chi connectivity index (χ0) is 14.5. The number of benzene rings is 2. The van der Waals surface area contributed by atoms with Crippen molar-refractivity contribution in [2.45, 2.75) is 43.9 Å². The van der Waals surface area contributed by atoms with Gasteiger partial charge >= 0.3 is 0 Å². The molecule has 0 heterocycles. The van der Waals surface area contributed by atoms with Crippen LogP contribution >= 0.6 is 0 Å². The van der Waals surface area contributed by atoms with E-state index in [-0.39, 0.29) is 12.1 Å². The van der Waals surface area contributed by atoms with Crippen molar-refractivity contribution in [2.24, 2.45) is 5.73 Å². The summed E-state index contributed by atoms with van der Waals surface area (Å²) >= 11 is 0. The predicted octanol–water partition coefficient (Wildman–Crippen LogP) is 3.87. The lowest BCUT2D eigenvalue weighted by Crippen LogP contribution is -2.36. The molecule has 0 aromatic heterocycles. The van der Waals surface area contributed by atoms with Crippen LogP contribution in [0, 0.1) is 0 Å². The first kappa shape index (κ1) is 14.3. The fourth-order valence-electron chi connectivity index (χ4n) is 2.78. The average Bonchev–Trinajstić information content (AvgIpc) is 2.48. The first-order valence-corrected chi connectivity index (χ1v) is 7.83. The highest BCUT2D eigenvalue weighted by molar-refractivity contribution is 5.22. The molecule has 0 spiro atoms. The molecule has 1 fully saturated rings. The average molecular weight is 281 g/mol. The Hall–Kier alpha value is -1.64. The molecule has 2 aromatic carbocycles. The maximum atomic E-state index is 6.48. The van der Waals surface area contributed by atoms with Crippen LogP contribution in [0.1, 0.15) is 36.5 Å². The summed E-state index contributed by atoms with van der Waals surface area (Å²) in [6.07, 6.45) is 4.82. The molecule has 0 aliphatic heterocycles. The summed E-state index contributed by atoms with van der Waals surface area (Å²) in [6.45, 7) is 0. The van der Waals surface area contributed by atoms with E-state index in [4.69, 9.17) is 10.5 Å². The van der Waals surface area contributed by atoms with E-state index >= 15 is 0 Å². The van der Waals surface area contributed by atoms with Crippen molar-refractivity contribution in [3.05, 3.63) is 71.8 Å². The second-order valence-corrected chi connectivity index (χ2v) is 5.87. The van der Waals surface area contributed by atoms with Crippen LogP contribution in [-0.2, 0) is 11.2 Å². The van der Waals surface area contributed by atoms with Crippen molar-refractivity contribution >= 4 is 0 Å². The first-order valence-electron chi connectivity index (χ1n) is 7.83. The SMILES string of the molecule is NC(Cc1ccccc1)C(OC1CCC1)c1ccccc1. The van der Waals surface area contributed by atoms with Gasteiger partial charge in [-0.25, -0.2) is 0 Å². The van der Waals surface area contributed by atoms with Crippen molar-refractivity contribution in [2.75, 3.05) is 0 Å². The Labute approximate surface area is 126 Å². The molecule has 21 heavy (non-hydrogen) atoms. The second kappa shape index (κ2) is 6.88. The minimum Gasteiger partial charge on any atom is -0.369 e. The Morgan fingerprint density at radius 1 is 0.952 bits per heavy atom. The first-order chi connectivity index (χ1) is 10.3. The smallest absolute Gasteiger partial charge is 0.0982 e. The lowest BCUT2D eigenvalue weighted by molar-refractivity contribution is -0.0633. The lowest BCUT2D eigenvalue weighted by atomic mass is 9.93. The van der Waals surface area contributed by atoms with E-state index in [9.17, 15) is 0 Å². The summed E-state index contributed by atoms with van der Waals surface area (Å²) in [5.41, 5.74) is 8.94. The van der Waals surface area contributed by atoms with E-state index in [1.165, 1.54) is 30.4 Å². The Balaban J connectivity index is 1.74. The molecule has 1 saturated carbocycles. The van der Waals surface area contributed by atoms with E-state index in [1.807, 2.05) is 12.1 Å². The molecule has 3 rings (SSSR count). The Bertz CT molecular complexity index is 536. The Morgan fingerprint density at radius 3 is 2.14 bits per heavy atom. The van der Waals surface area contributed by atoms with Gasteiger partial charge in [-0.3, -0.25) is 0 Å². The number of rotatable bonds is 6. The normalized spacial score (nSPS) is 18.0. The van der Waals surface area contributed by atoms with Gasteiger partial charge in [-0.1, -0.05) is 60.7 Å². The van der Waals surface area contributed by atoms with Crippen LogP contribution in [0.5, 0.6) is 0 Å². The van der Waals surface area contributed by atoms with Crippen molar-refractivity contribution in [3.63, 3.8) is 0 Å². The van der Waals surface area contributed by atoms with E-state index in [0.29, 0.717) is 6.10 Å². The molecule has 2 nitrogen and oxygen atoms in total. The molecular weight excluding hydrogens is 258 g/mol. The van der Waals surface area contributed by atoms with E-state index in [2.05, 4.69) is 48.5 Å². The van der Waals surface area contributed by atoms with Crippen molar-refractivity contribution in [1.29, 1.82) is 0 Å². The van der Waals surface area contributed by atoms with Crippen LogP contribution < -0.4 is 5.73 Å². The molecule has 1 aliphatic carbocycles. The third-order valence-corrected chi connectivity index (χ3v) is 4.22. The Kier molecular flexibility index (Phi) is 4.69. The van der Waals surface area contributed by atoms with Gasteiger partial charge in [0.15, 0.2) is 0 Å². The summed E-state index contributed by atoms with van der Waals surface area (Å²) in [5, 5.41) is 0. The molecule has 0 saturated heterocycles. The fourth-order valence-corrected chi connectivity index (χ4v) is 2.78. The van der Waals surface area contributed by atoms with Gasteiger partial charge in [0, 0.05) is 6.04 Å². The molecule has 2 N–H and O–H groups in total. The summed E-state index contributed by atoms with van der Waals surface area (Å²) in [6, 6.07) is 20.8. The summed E-state index contributed by atoms with van der Waals surface area (Å²) in [7, 11) is 0. The van der Waals surface area contributed by atoms with Crippen molar-refractivity contribution < 1.29 is 4.74 Å². The minimum absolute atomic E-state index is 0.0169. The third kappa shape index (κ3) is 3.72. The molecule has 1 aliphatic rings. The topological polar surface area (TPSA) is 35.2 Å². The zero-order valence-corrected chi connectivity index (χ0v) is 12.3. The molecule has 110 valence electrons. The van der Waals surface area contributed by atoms with E-state index in [0.717, 1.165) is 6.42 Å². The third-order valence-electron chi connectivity index (χ3n) is 4.22. The second-order valence-electron chi connectivity index (χ2n) is 5.87.